The molecule has 2 aromatic carbocycles. The van der Waals surface area contributed by atoms with Gasteiger partial charge in [0.2, 0.25) is 0 Å². The van der Waals surface area contributed by atoms with Gasteiger partial charge in [0.1, 0.15) is 11.5 Å². The molecule has 1 aliphatic carbocycles. The lowest BCUT2D eigenvalue weighted by Crippen LogP contribution is -2.31. The number of ether oxygens (including phenoxy) is 2. The molecule has 1 fully saturated rings. The van der Waals surface area contributed by atoms with Crippen LogP contribution in [0.4, 0.5) is 0 Å². The van der Waals surface area contributed by atoms with Crippen LogP contribution in [-0.4, -0.2) is 48.6 Å². The first-order valence-electron chi connectivity index (χ1n) is 12.2. The number of carbonyl (C=O) groups is 2. The number of methoxy groups -OCH3 is 1. The molecule has 6 nitrogen and oxygen atoms in total. The number of Topliss-reactive ketones (excluding diaryl/α,β-unsaturated/α-hetero) is 1. The molecule has 1 atom stereocenters. The molecule has 0 spiro atoms. The van der Waals surface area contributed by atoms with Crippen LogP contribution in [0.15, 0.2) is 48.0 Å². The summed E-state index contributed by atoms with van der Waals surface area (Å²) < 4.78 is 11.0. The quantitative estimate of drug-likeness (QED) is 0.250. The number of likely N-dealkylation sites (tertiary alicyclic amines) is 1. The molecule has 34 heavy (non-hydrogen) atoms. The van der Waals surface area contributed by atoms with Crippen LogP contribution in [0.3, 0.4) is 0 Å². The number of amides is 1. The molecular weight excluding hydrogens is 430 g/mol. The van der Waals surface area contributed by atoms with E-state index in [0.29, 0.717) is 37.5 Å². The molecule has 180 valence electrons. The van der Waals surface area contributed by atoms with Crippen LogP contribution in [0.5, 0.6) is 5.75 Å². The van der Waals surface area contributed by atoms with Gasteiger partial charge >= 0.3 is 0 Å². The van der Waals surface area contributed by atoms with Gasteiger partial charge in [0.15, 0.2) is 0 Å². The maximum absolute atomic E-state index is 13.2. The van der Waals surface area contributed by atoms with Crippen molar-refractivity contribution >= 4 is 17.4 Å². The van der Waals surface area contributed by atoms with Crippen molar-refractivity contribution in [1.82, 2.24) is 4.90 Å². The van der Waals surface area contributed by atoms with Gasteiger partial charge in [0.25, 0.3) is 11.7 Å². The SMILES string of the molecule is CCCOc1cccc(C2/C(=C(/O)c3ccc4c(c3)CCCC4)C(=O)C(=O)N2CCCOC)c1. The minimum absolute atomic E-state index is 0.120. The van der Waals surface area contributed by atoms with E-state index in [4.69, 9.17) is 9.47 Å². The van der Waals surface area contributed by atoms with Gasteiger partial charge in [-0.15, -0.1) is 0 Å². The Balaban J connectivity index is 1.78. The fraction of sp³-hybridized carbons (Fsp3) is 0.429. The topological polar surface area (TPSA) is 76.1 Å². The molecule has 1 unspecified atom stereocenters. The molecule has 2 aromatic rings. The zero-order valence-corrected chi connectivity index (χ0v) is 20.0. The highest BCUT2D eigenvalue weighted by Crippen LogP contribution is 2.40. The second-order valence-electron chi connectivity index (χ2n) is 8.95. The van der Waals surface area contributed by atoms with Gasteiger partial charge in [-0.1, -0.05) is 31.2 Å². The largest absolute Gasteiger partial charge is 0.507 e. The van der Waals surface area contributed by atoms with Gasteiger partial charge in [0, 0.05) is 25.8 Å². The fourth-order valence-electron chi connectivity index (χ4n) is 4.87. The molecule has 1 heterocycles. The van der Waals surface area contributed by atoms with Crippen molar-refractivity contribution in [2.75, 3.05) is 26.9 Å². The van der Waals surface area contributed by atoms with Gasteiger partial charge < -0.3 is 19.5 Å². The third-order valence-corrected chi connectivity index (χ3v) is 6.56. The molecule has 2 aliphatic rings. The maximum Gasteiger partial charge on any atom is 0.295 e. The van der Waals surface area contributed by atoms with E-state index >= 15 is 0 Å². The summed E-state index contributed by atoms with van der Waals surface area (Å²) in [6, 6.07) is 12.6. The number of rotatable bonds is 9. The summed E-state index contributed by atoms with van der Waals surface area (Å²) in [6.07, 6.45) is 5.74. The van der Waals surface area contributed by atoms with Crippen molar-refractivity contribution in [2.24, 2.45) is 0 Å². The molecule has 0 aromatic heterocycles. The van der Waals surface area contributed by atoms with Crippen molar-refractivity contribution in [3.05, 3.63) is 70.3 Å². The van der Waals surface area contributed by atoms with E-state index in [9.17, 15) is 14.7 Å². The molecule has 0 saturated carbocycles. The molecule has 0 bridgehead atoms. The number of aliphatic hydroxyl groups is 1. The highest BCUT2D eigenvalue weighted by atomic mass is 16.5. The molecule has 4 rings (SSSR count). The first-order chi connectivity index (χ1) is 16.5. The first kappa shape index (κ1) is 24.0. The molecule has 6 heteroatoms. The van der Waals surface area contributed by atoms with Crippen molar-refractivity contribution in [3.8, 4) is 5.75 Å². The van der Waals surface area contributed by atoms with E-state index in [1.807, 2.05) is 49.4 Å². The van der Waals surface area contributed by atoms with E-state index in [1.165, 1.54) is 17.5 Å². The minimum Gasteiger partial charge on any atom is -0.507 e. The number of ketones is 1. The van der Waals surface area contributed by atoms with Crippen molar-refractivity contribution in [3.63, 3.8) is 0 Å². The fourth-order valence-corrected chi connectivity index (χ4v) is 4.87. The predicted octanol–water partition coefficient (Wildman–Crippen LogP) is 4.81. The van der Waals surface area contributed by atoms with Gasteiger partial charge in [-0.25, -0.2) is 0 Å². The number of aliphatic hydroxyl groups excluding tert-OH is 1. The molecule has 1 amide bonds. The second kappa shape index (κ2) is 10.9. The molecular formula is C28H33NO5. The Bertz CT molecular complexity index is 1090. The molecule has 1 aliphatic heterocycles. The Morgan fingerprint density at radius 3 is 2.62 bits per heavy atom. The highest BCUT2D eigenvalue weighted by Gasteiger charge is 2.46. The monoisotopic (exact) mass is 463 g/mol. The Morgan fingerprint density at radius 2 is 1.85 bits per heavy atom. The van der Waals surface area contributed by atoms with Crippen molar-refractivity contribution < 1.29 is 24.2 Å². The van der Waals surface area contributed by atoms with E-state index < -0.39 is 17.7 Å². The lowest BCUT2D eigenvalue weighted by Gasteiger charge is -2.26. The van der Waals surface area contributed by atoms with Crippen LogP contribution < -0.4 is 4.74 Å². The number of nitrogens with zero attached hydrogens (tertiary/aromatic N) is 1. The highest BCUT2D eigenvalue weighted by molar-refractivity contribution is 6.46. The van der Waals surface area contributed by atoms with E-state index in [0.717, 1.165) is 31.2 Å². The number of fused-ring (bicyclic) bond motifs is 1. The zero-order chi connectivity index (χ0) is 24.1. The minimum atomic E-state index is -0.682. The number of aryl methyl sites for hydroxylation is 2. The van der Waals surface area contributed by atoms with Crippen molar-refractivity contribution in [1.29, 1.82) is 0 Å². The first-order valence-corrected chi connectivity index (χ1v) is 12.2. The van der Waals surface area contributed by atoms with Gasteiger partial charge in [-0.3, -0.25) is 9.59 Å². The van der Waals surface area contributed by atoms with E-state index in [2.05, 4.69) is 0 Å². The Hall–Kier alpha value is -3.12. The second-order valence-corrected chi connectivity index (χ2v) is 8.95. The van der Waals surface area contributed by atoms with Crippen LogP contribution in [0, 0.1) is 0 Å². The van der Waals surface area contributed by atoms with Crippen LogP contribution in [0.2, 0.25) is 0 Å². The Kier molecular flexibility index (Phi) is 7.68. The van der Waals surface area contributed by atoms with Gasteiger partial charge in [-0.05, 0) is 73.4 Å². The molecule has 1 saturated heterocycles. The third-order valence-electron chi connectivity index (χ3n) is 6.56. The summed E-state index contributed by atoms with van der Waals surface area (Å²) in [5.41, 5.74) is 3.95. The molecule has 1 N–H and O–H groups in total. The van der Waals surface area contributed by atoms with Gasteiger partial charge in [0.05, 0.1) is 18.2 Å². The van der Waals surface area contributed by atoms with Gasteiger partial charge in [-0.2, -0.15) is 0 Å². The van der Waals surface area contributed by atoms with E-state index in [1.54, 1.807) is 12.0 Å². The zero-order valence-electron chi connectivity index (χ0n) is 20.0. The normalized spacial score (nSPS) is 19.4. The summed E-state index contributed by atoms with van der Waals surface area (Å²) in [4.78, 5) is 27.8. The smallest absolute Gasteiger partial charge is 0.295 e. The third kappa shape index (κ3) is 4.87. The standard InChI is InChI=1S/C28H33NO5/c1-3-15-34-23-11-6-10-21(18-23)25-24(27(31)28(32)29(25)14-7-16-33-2)26(30)22-13-12-19-8-4-5-9-20(19)17-22/h6,10-13,17-18,25,30H,3-5,7-9,14-16H2,1-2H3/b26-24-. The number of carbonyl (C=O) groups excluding carboxylic acids is 2. The van der Waals surface area contributed by atoms with Crippen LogP contribution >= 0.6 is 0 Å². The summed E-state index contributed by atoms with van der Waals surface area (Å²) in [7, 11) is 1.61. The van der Waals surface area contributed by atoms with Crippen LogP contribution in [-0.2, 0) is 27.2 Å². The van der Waals surface area contributed by atoms with Crippen LogP contribution in [0.1, 0.15) is 60.9 Å². The molecule has 0 radical (unpaired) electrons. The Labute approximate surface area is 201 Å². The predicted molar refractivity (Wildman–Crippen MR) is 131 cm³/mol. The van der Waals surface area contributed by atoms with Crippen molar-refractivity contribution in [2.45, 2.75) is 51.5 Å². The summed E-state index contributed by atoms with van der Waals surface area (Å²) >= 11 is 0. The average Bonchev–Trinajstić information content (AvgIpc) is 3.12. The van der Waals surface area contributed by atoms with E-state index in [-0.39, 0.29) is 11.3 Å². The number of hydrogen-bond donors (Lipinski definition) is 1. The average molecular weight is 464 g/mol. The number of hydrogen-bond acceptors (Lipinski definition) is 5. The lowest BCUT2D eigenvalue weighted by molar-refractivity contribution is -0.140. The Morgan fingerprint density at radius 1 is 1.06 bits per heavy atom. The summed E-state index contributed by atoms with van der Waals surface area (Å²) in [5.74, 6) is -0.695. The number of benzene rings is 2. The summed E-state index contributed by atoms with van der Waals surface area (Å²) in [5, 5.41) is 11.4. The lowest BCUT2D eigenvalue weighted by atomic mass is 9.88. The maximum atomic E-state index is 13.2. The summed E-state index contributed by atoms with van der Waals surface area (Å²) in [6.45, 7) is 3.43. The van der Waals surface area contributed by atoms with Crippen LogP contribution in [0.25, 0.3) is 5.76 Å².